The quantitative estimate of drug-likeness (QED) is 0.569. The molecular formula is C11H11F4N3O2S. The van der Waals surface area contributed by atoms with Gasteiger partial charge in [-0.3, -0.25) is 4.72 Å². The van der Waals surface area contributed by atoms with Crippen molar-refractivity contribution < 1.29 is 26.0 Å². The Bertz CT molecular complexity index is 662. The van der Waals surface area contributed by atoms with E-state index in [9.17, 15) is 26.0 Å². The fraction of sp³-hybridized carbons (Fsp3) is 0.273. The predicted octanol–water partition coefficient (Wildman–Crippen LogP) is 0.944. The summed E-state index contributed by atoms with van der Waals surface area (Å²) >= 11 is 0. The lowest BCUT2D eigenvalue weighted by Gasteiger charge is -2.11. The van der Waals surface area contributed by atoms with E-state index >= 15 is 0 Å². The Kier molecular flexibility index (Phi) is 5.54. The number of halogens is 4. The normalized spacial score (nSPS) is 11.7. The van der Waals surface area contributed by atoms with Crippen molar-refractivity contribution in [1.29, 1.82) is 0 Å². The average Bonchev–Trinajstić information content (AvgIpc) is 2.36. The van der Waals surface area contributed by atoms with Crippen LogP contribution in [-0.2, 0) is 10.2 Å². The fourth-order valence-corrected chi connectivity index (χ4v) is 2.06. The summed E-state index contributed by atoms with van der Waals surface area (Å²) in [6.07, 6.45) is -4.69. The Balaban J connectivity index is 2.88. The van der Waals surface area contributed by atoms with Crippen molar-refractivity contribution in [3.63, 3.8) is 0 Å². The number of anilines is 1. The molecule has 116 valence electrons. The van der Waals surface area contributed by atoms with Crippen LogP contribution in [0.5, 0.6) is 0 Å². The highest BCUT2D eigenvalue weighted by atomic mass is 32.2. The second-order valence-electron chi connectivity index (χ2n) is 3.74. The van der Waals surface area contributed by atoms with Crippen molar-refractivity contribution in [2.24, 2.45) is 5.73 Å². The topological polar surface area (TPSA) is 84.2 Å². The largest absolute Gasteiger partial charge is 0.402 e. The zero-order valence-electron chi connectivity index (χ0n) is 10.5. The van der Waals surface area contributed by atoms with Gasteiger partial charge in [0, 0.05) is 0 Å². The van der Waals surface area contributed by atoms with Crippen LogP contribution in [0.15, 0.2) is 18.2 Å². The molecule has 1 aromatic carbocycles. The summed E-state index contributed by atoms with van der Waals surface area (Å²) in [5, 5.41) is 0. The SMILES string of the molecule is NCC#Cc1cc(NS(=O)(=O)NCC(F)(F)F)ccc1F. The standard InChI is InChI=1S/C11H11F4N3O2S/c12-10-4-3-9(6-8(10)2-1-5-16)18-21(19,20)17-7-11(13,14)15/h3-4,6,17-18H,5,7,16H2. The zero-order chi connectivity index (χ0) is 16.1. The van der Waals surface area contributed by atoms with Gasteiger partial charge in [-0.2, -0.15) is 26.3 Å². The van der Waals surface area contributed by atoms with Crippen LogP contribution >= 0.6 is 0 Å². The van der Waals surface area contributed by atoms with E-state index in [1.165, 1.54) is 4.72 Å². The van der Waals surface area contributed by atoms with Crippen LogP contribution in [0.4, 0.5) is 23.2 Å². The van der Waals surface area contributed by atoms with E-state index in [2.05, 4.69) is 11.8 Å². The third-order valence-corrected chi connectivity index (χ3v) is 3.04. The Hall–Kier alpha value is -1.83. The van der Waals surface area contributed by atoms with Crippen LogP contribution in [0.25, 0.3) is 0 Å². The first-order chi connectivity index (χ1) is 9.63. The van der Waals surface area contributed by atoms with Gasteiger partial charge in [-0.05, 0) is 18.2 Å². The maximum Gasteiger partial charge on any atom is 0.402 e. The first-order valence-corrected chi connectivity index (χ1v) is 6.94. The van der Waals surface area contributed by atoms with Gasteiger partial charge in [0.1, 0.15) is 12.4 Å². The van der Waals surface area contributed by atoms with Crippen molar-refractivity contribution >= 4 is 15.9 Å². The molecule has 0 spiro atoms. The van der Waals surface area contributed by atoms with Gasteiger partial charge in [-0.25, -0.2) is 4.39 Å². The Morgan fingerprint density at radius 1 is 1.29 bits per heavy atom. The number of nitrogens with one attached hydrogen (secondary N) is 2. The number of hydrogen-bond donors (Lipinski definition) is 3. The number of nitrogens with two attached hydrogens (primary N) is 1. The molecule has 1 rings (SSSR count). The molecule has 0 fully saturated rings. The fourth-order valence-electron chi connectivity index (χ4n) is 1.20. The van der Waals surface area contributed by atoms with Crippen LogP contribution in [0.2, 0.25) is 0 Å². The number of rotatable bonds is 4. The second kappa shape index (κ2) is 6.75. The van der Waals surface area contributed by atoms with Gasteiger partial charge in [0.25, 0.3) is 10.2 Å². The second-order valence-corrected chi connectivity index (χ2v) is 5.24. The van der Waals surface area contributed by atoms with E-state index in [0.717, 1.165) is 18.2 Å². The smallest absolute Gasteiger partial charge is 0.320 e. The molecule has 5 nitrogen and oxygen atoms in total. The Labute approximate surface area is 118 Å². The molecule has 0 atom stereocenters. The monoisotopic (exact) mass is 325 g/mol. The molecule has 21 heavy (non-hydrogen) atoms. The van der Waals surface area contributed by atoms with Crippen LogP contribution in [0.1, 0.15) is 5.56 Å². The summed E-state index contributed by atoms with van der Waals surface area (Å²) in [6.45, 7) is -1.74. The molecule has 0 aliphatic rings. The van der Waals surface area contributed by atoms with Gasteiger partial charge in [0.05, 0.1) is 17.8 Å². The highest BCUT2D eigenvalue weighted by Crippen LogP contribution is 2.16. The molecule has 0 unspecified atom stereocenters. The molecule has 0 saturated heterocycles. The van der Waals surface area contributed by atoms with Crippen LogP contribution in [-0.4, -0.2) is 27.7 Å². The van der Waals surface area contributed by atoms with E-state index in [1.807, 2.05) is 4.72 Å². The van der Waals surface area contributed by atoms with E-state index in [0.29, 0.717) is 0 Å². The molecule has 10 heteroatoms. The van der Waals surface area contributed by atoms with Crippen molar-refractivity contribution in [1.82, 2.24) is 4.72 Å². The Morgan fingerprint density at radius 3 is 2.52 bits per heavy atom. The van der Waals surface area contributed by atoms with Crippen LogP contribution in [0, 0.1) is 17.7 Å². The molecular weight excluding hydrogens is 314 g/mol. The van der Waals surface area contributed by atoms with Gasteiger partial charge in [0.15, 0.2) is 0 Å². The molecule has 4 N–H and O–H groups in total. The van der Waals surface area contributed by atoms with Crippen molar-refractivity contribution in [2.45, 2.75) is 6.18 Å². The highest BCUT2D eigenvalue weighted by molar-refractivity contribution is 7.90. The molecule has 0 aromatic heterocycles. The van der Waals surface area contributed by atoms with Gasteiger partial charge >= 0.3 is 6.18 Å². The lowest BCUT2D eigenvalue weighted by Crippen LogP contribution is -2.37. The maximum atomic E-state index is 13.3. The first kappa shape index (κ1) is 17.2. The van der Waals surface area contributed by atoms with E-state index < -0.39 is 28.7 Å². The van der Waals surface area contributed by atoms with Crippen molar-refractivity contribution in [2.75, 3.05) is 17.8 Å². The molecule has 0 amide bonds. The van der Waals surface area contributed by atoms with Crippen molar-refractivity contribution in [3.05, 3.63) is 29.6 Å². The minimum absolute atomic E-state index is 0.0253. The third-order valence-electron chi connectivity index (χ3n) is 2.01. The summed E-state index contributed by atoms with van der Waals surface area (Å²) in [7, 11) is -4.43. The maximum absolute atomic E-state index is 13.3. The highest BCUT2D eigenvalue weighted by Gasteiger charge is 2.29. The molecule has 0 bridgehead atoms. The summed E-state index contributed by atoms with van der Waals surface area (Å²) in [6, 6.07) is 3.03. The van der Waals surface area contributed by atoms with Gasteiger partial charge < -0.3 is 5.73 Å². The van der Waals surface area contributed by atoms with E-state index in [1.54, 1.807) is 0 Å². The minimum atomic E-state index is -4.69. The lowest BCUT2D eigenvalue weighted by atomic mass is 10.2. The van der Waals surface area contributed by atoms with Crippen molar-refractivity contribution in [3.8, 4) is 11.8 Å². The van der Waals surface area contributed by atoms with E-state index in [-0.39, 0.29) is 17.8 Å². The summed E-state index contributed by atoms with van der Waals surface area (Å²) in [5.41, 5.74) is 4.86. The number of alkyl halides is 3. The first-order valence-electron chi connectivity index (χ1n) is 5.45. The Morgan fingerprint density at radius 2 is 1.95 bits per heavy atom. The summed E-state index contributed by atoms with van der Waals surface area (Å²) < 4.78 is 75.1. The lowest BCUT2D eigenvalue weighted by molar-refractivity contribution is -0.121. The predicted molar refractivity (Wildman–Crippen MR) is 68.9 cm³/mol. The van der Waals surface area contributed by atoms with Crippen LogP contribution < -0.4 is 15.2 Å². The van der Waals surface area contributed by atoms with Crippen LogP contribution in [0.3, 0.4) is 0 Å². The molecule has 0 saturated carbocycles. The zero-order valence-corrected chi connectivity index (χ0v) is 11.3. The van der Waals surface area contributed by atoms with Gasteiger partial charge in [0.2, 0.25) is 0 Å². The minimum Gasteiger partial charge on any atom is -0.320 e. The molecule has 0 radical (unpaired) electrons. The molecule has 0 heterocycles. The summed E-state index contributed by atoms with van der Waals surface area (Å²) in [5.74, 6) is 4.04. The number of hydrogen-bond acceptors (Lipinski definition) is 3. The van der Waals surface area contributed by atoms with E-state index in [4.69, 9.17) is 5.73 Å². The van der Waals surface area contributed by atoms with Gasteiger partial charge in [-0.1, -0.05) is 11.8 Å². The summed E-state index contributed by atoms with van der Waals surface area (Å²) in [4.78, 5) is 0. The molecule has 0 aliphatic carbocycles. The van der Waals surface area contributed by atoms with Gasteiger partial charge in [-0.15, -0.1) is 0 Å². The molecule has 1 aromatic rings. The third kappa shape index (κ3) is 6.44. The molecule has 0 aliphatic heterocycles. The number of benzene rings is 1. The average molecular weight is 325 g/mol.